The zero-order valence-corrected chi connectivity index (χ0v) is 6.46. The Morgan fingerprint density at radius 1 is 1.62 bits per heavy atom. The van der Waals surface area contributed by atoms with Crippen LogP contribution in [0.2, 0.25) is 0 Å². The summed E-state index contributed by atoms with van der Waals surface area (Å²) in [6.07, 6.45) is -3.92. The van der Waals surface area contributed by atoms with Gasteiger partial charge < -0.3 is 9.67 Å². The van der Waals surface area contributed by atoms with Gasteiger partial charge in [0.1, 0.15) is 0 Å². The lowest BCUT2D eigenvalue weighted by Gasteiger charge is -2.04. The van der Waals surface area contributed by atoms with Crippen molar-refractivity contribution in [3.8, 4) is 0 Å². The predicted octanol–water partition coefficient (Wildman–Crippen LogP) is 1.14. The number of alkyl halides is 3. The minimum absolute atomic E-state index is 0.811. The number of carboxylic acid groups (broad SMARTS) is 1. The molecule has 0 fully saturated rings. The Labute approximate surface area is 70.6 Å². The van der Waals surface area contributed by atoms with E-state index in [1.54, 1.807) is 0 Å². The fourth-order valence-corrected chi connectivity index (χ4v) is 0.890. The number of imidazole rings is 1. The van der Waals surface area contributed by atoms with E-state index in [9.17, 15) is 18.0 Å². The second-order valence-corrected chi connectivity index (χ2v) is 2.36. The first-order valence-electron chi connectivity index (χ1n) is 3.16. The molecule has 0 saturated carbocycles. The maximum absolute atomic E-state index is 12.1. The molecule has 1 rings (SSSR count). The maximum Gasteiger partial charge on any atom is 0.435 e. The van der Waals surface area contributed by atoms with Crippen molar-refractivity contribution in [1.82, 2.24) is 9.55 Å². The molecule has 0 aliphatic heterocycles. The lowest BCUT2D eigenvalue weighted by atomic mass is 10.3. The Balaban J connectivity index is 3.31. The van der Waals surface area contributed by atoms with Gasteiger partial charge in [-0.3, -0.25) is 0 Å². The Kier molecular flexibility index (Phi) is 2.02. The fraction of sp³-hybridized carbons (Fsp3) is 0.333. The zero-order valence-electron chi connectivity index (χ0n) is 6.46. The number of carboxylic acids is 1. The molecule has 13 heavy (non-hydrogen) atoms. The largest absolute Gasteiger partial charge is 0.477 e. The number of hydrogen-bond acceptors (Lipinski definition) is 2. The van der Waals surface area contributed by atoms with Crippen LogP contribution in [-0.2, 0) is 13.2 Å². The number of hydrogen-bond donors (Lipinski definition) is 1. The van der Waals surface area contributed by atoms with Crippen LogP contribution in [0.3, 0.4) is 0 Å². The minimum Gasteiger partial charge on any atom is -0.477 e. The summed E-state index contributed by atoms with van der Waals surface area (Å²) in [5, 5.41) is 8.44. The maximum atomic E-state index is 12.1. The molecule has 7 heteroatoms. The van der Waals surface area contributed by atoms with Crippen molar-refractivity contribution in [2.24, 2.45) is 7.05 Å². The van der Waals surface area contributed by atoms with Gasteiger partial charge in [0.2, 0.25) is 0 Å². The van der Waals surface area contributed by atoms with Gasteiger partial charge >= 0.3 is 12.1 Å². The second kappa shape index (κ2) is 2.75. The van der Waals surface area contributed by atoms with Crippen molar-refractivity contribution in [2.45, 2.75) is 6.18 Å². The van der Waals surface area contributed by atoms with Crippen LogP contribution < -0.4 is 0 Å². The summed E-state index contributed by atoms with van der Waals surface area (Å²) >= 11 is 0. The molecule has 4 nitrogen and oxygen atoms in total. The van der Waals surface area contributed by atoms with Crippen LogP contribution in [0, 0.1) is 0 Å². The molecule has 0 spiro atoms. The quantitative estimate of drug-likeness (QED) is 0.729. The highest BCUT2D eigenvalue weighted by Gasteiger charge is 2.39. The Bertz CT molecular complexity index is 342. The summed E-state index contributed by atoms with van der Waals surface area (Å²) in [7, 11) is 1.19. The van der Waals surface area contributed by atoms with Gasteiger partial charge in [-0.05, 0) is 0 Å². The number of halogens is 3. The molecule has 1 N–H and O–H groups in total. The van der Waals surface area contributed by atoms with E-state index in [2.05, 4.69) is 4.98 Å². The summed E-state index contributed by atoms with van der Waals surface area (Å²) in [5.74, 6) is -1.65. The summed E-state index contributed by atoms with van der Waals surface area (Å²) in [4.78, 5) is 13.4. The summed E-state index contributed by atoms with van der Waals surface area (Å²) in [6, 6.07) is 0. The lowest BCUT2D eigenvalue weighted by Crippen LogP contribution is -2.14. The summed E-state index contributed by atoms with van der Waals surface area (Å²) in [5.41, 5.74) is -2.23. The molecular weight excluding hydrogens is 189 g/mol. The SMILES string of the molecule is Cn1cnc(C(F)(F)F)c1C(=O)O. The van der Waals surface area contributed by atoms with Crippen molar-refractivity contribution in [3.05, 3.63) is 17.7 Å². The van der Waals surface area contributed by atoms with Crippen LogP contribution in [0.1, 0.15) is 16.2 Å². The third kappa shape index (κ3) is 1.63. The van der Waals surface area contributed by atoms with Gasteiger partial charge in [0.25, 0.3) is 0 Å². The highest BCUT2D eigenvalue weighted by Crippen LogP contribution is 2.30. The van der Waals surface area contributed by atoms with Gasteiger partial charge in [0, 0.05) is 7.05 Å². The van der Waals surface area contributed by atoms with E-state index >= 15 is 0 Å². The number of aromatic carboxylic acids is 1. The van der Waals surface area contributed by atoms with Crippen molar-refractivity contribution in [2.75, 3.05) is 0 Å². The molecule has 0 aliphatic carbocycles. The first-order chi connectivity index (χ1) is 5.84. The van der Waals surface area contributed by atoms with E-state index in [0.29, 0.717) is 0 Å². The van der Waals surface area contributed by atoms with Gasteiger partial charge in [0.05, 0.1) is 6.33 Å². The van der Waals surface area contributed by atoms with Crippen LogP contribution in [0.25, 0.3) is 0 Å². The molecule has 0 atom stereocenters. The number of aromatic nitrogens is 2. The van der Waals surface area contributed by atoms with Gasteiger partial charge in [-0.25, -0.2) is 9.78 Å². The molecular formula is C6H5F3N2O2. The number of rotatable bonds is 1. The third-order valence-corrected chi connectivity index (χ3v) is 1.41. The number of aryl methyl sites for hydroxylation is 1. The first-order valence-corrected chi connectivity index (χ1v) is 3.16. The summed E-state index contributed by atoms with van der Waals surface area (Å²) < 4.78 is 37.1. The van der Waals surface area contributed by atoms with E-state index in [0.717, 1.165) is 10.9 Å². The molecule has 0 radical (unpaired) electrons. The molecule has 72 valence electrons. The Morgan fingerprint density at radius 3 is 2.46 bits per heavy atom. The second-order valence-electron chi connectivity index (χ2n) is 2.36. The summed E-state index contributed by atoms with van der Waals surface area (Å²) in [6.45, 7) is 0. The van der Waals surface area contributed by atoms with Gasteiger partial charge in [-0.1, -0.05) is 0 Å². The molecule has 0 unspecified atom stereocenters. The van der Waals surface area contributed by atoms with Crippen LogP contribution in [0.15, 0.2) is 6.33 Å². The van der Waals surface area contributed by atoms with Gasteiger partial charge in [0.15, 0.2) is 11.4 Å². The van der Waals surface area contributed by atoms with Crippen LogP contribution >= 0.6 is 0 Å². The van der Waals surface area contributed by atoms with Crippen LogP contribution in [0.5, 0.6) is 0 Å². The van der Waals surface area contributed by atoms with E-state index < -0.39 is 23.5 Å². The first kappa shape index (κ1) is 9.56. The highest BCUT2D eigenvalue weighted by molar-refractivity contribution is 5.87. The van der Waals surface area contributed by atoms with Crippen molar-refractivity contribution >= 4 is 5.97 Å². The Hall–Kier alpha value is -1.53. The average molecular weight is 194 g/mol. The zero-order chi connectivity index (χ0) is 10.2. The molecule has 0 amide bonds. The monoisotopic (exact) mass is 194 g/mol. The smallest absolute Gasteiger partial charge is 0.435 e. The normalized spacial score (nSPS) is 11.7. The van der Waals surface area contributed by atoms with Crippen LogP contribution in [0.4, 0.5) is 13.2 Å². The predicted molar refractivity (Wildman–Crippen MR) is 35.2 cm³/mol. The molecule has 1 aromatic rings. The van der Waals surface area contributed by atoms with Crippen LogP contribution in [-0.4, -0.2) is 20.6 Å². The molecule has 0 bridgehead atoms. The molecule has 1 aromatic heterocycles. The molecule has 1 heterocycles. The van der Waals surface area contributed by atoms with Gasteiger partial charge in [-0.15, -0.1) is 0 Å². The lowest BCUT2D eigenvalue weighted by molar-refractivity contribution is -0.141. The van der Waals surface area contributed by atoms with Crippen molar-refractivity contribution in [3.63, 3.8) is 0 Å². The average Bonchev–Trinajstić information content (AvgIpc) is 2.28. The van der Waals surface area contributed by atoms with Gasteiger partial charge in [-0.2, -0.15) is 13.2 Å². The molecule has 0 saturated heterocycles. The van der Waals surface area contributed by atoms with E-state index in [1.807, 2.05) is 0 Å². The number of nitrogens with zero attached hydrogens (tertiary/aromatic N) is 2. The molecule has 0 aliphatic rings. The molecule has 0 aromatic carbocycles. The van der Waals surface area contributed by atoms with Crippen molar-refractivity contribution in [1.29, 1.82) is 0 Å². The topological polar surface area (TPSA) is 55.1 Å². The van der Waals surface area contributed by atoms with E-state index in [-0.39, 0.29) is 0 Å². The third-order valence-electron chi connectivity index (χ3n) is 1.41. The minimum atomic E-state index is -4.73. The Morgan fingerprint density at radius 2 is 2.15 bits per heavy atom. The van der Waals surface area contributed by atoms with E-state index in [1.165, 1.54) is 7.05 Å². The fourth-order valence-electron chi connectivity index (χ4n) is 0.890. The highest BCUT2D eigenvalue weighted by atomic mass is 19.4. The number of carbonyl (C=O) groups is 1. The van der Waals surface area contributed by atoms with Crippen molar-refractivity contribution < 1.29 is 23.1 Å². The van der Waals surface area contributed by atoms with E-state index in [4.69, 9.17) is 5.11 Å². The standard InChI is InChI=1S/C6H5F3N2O2/c1-11-2-10-4(6(7,8)9)3(11)5(12)13/h2H,1H3,(H,12,13).